The molecule has 2 N–H and O–H groups in total. The summed E-state index contributed by atoms with van der Waals surface area (Å²) >= 11 is 1.53. The van der Waals surface area contributed by atoms with Crippen LogP contribution in [0.2, 0.25) is 0 Å². The molecule has 0 spiro atoms. The zero-order valence-corrected chi connectivity index (χ0v) is 12.5. The van der Waals surface area contributed by atoms with Crippen LogP contribution in [0.5, 0.6) is 5.75 Å². The molecule has 1 atom stereocenters. The maximum atomic E-state index is 11.3. The highest BCUT2D eigenvalue weighted by Crippen LogP contribution is 2.23. The van der Waals surface area contributed by atoms with Crippen molar-refractivity contribution in [2.24, 2.45) is 7.05 Å². The molecule has 20 heavy (non-hydrogen) atoms. The Morgan fingerprint density at radius 3 is 2.65 bits per heavy atom. The predicted molar refractivity (Wildman–Crippen MR) is 79.3 cm³/mol. The molecule has 1 aromatic heterocycles. The van der Waals surface area contributed by atoms with Crippen LogP contribution in [0.4, 0.5) is 0 Å². The number of thioether (sulfide) groups is 1. The first-order valence-electron chi connectivity index (χ1n) is 6.21. The van der Waals surface area contributed by atoms with Crippen LogP contribution in [0.3, 0.4) is 0 Å². The maximum Gasteiger partial charge on any atom is 0.343 e. The van der Waals surface area contributed by atoms with Gasteiger partial charge in [0.2, 0.25) is 0 Å². The van der Waals surface area contributed by atoms with Gasteiger partial charge in [-0.1, -0.05) is 23.9 Å². The molecule has 2 aromatic rings. The van der Waals surface area contributed by atoms with E-state index < -0.39 is 0 Å². The molecule has 0 radical (unpaired) electrons. The van der Waals surface area contributed by atoms with Gasteiger partial charge in [0.05, 0.1) is 7.11 Å². The van der Waals surface area contributed by atoms with E-state index in [-0.39, 0.29) is 11.7 Å². The maximum absolute atomic E-state index is 11.3. The zero-order chi connectivity index (χ0) is 14.5. The van der Waals surface area contributed by atoms with E-state index in [1.54, 1.807) is 14.2 Å². The summed E-state index contributed by atoms with van der Waals surface area (Å²) in [6, 6.07) is 8.12. The van der Waals surface area contributed by atoms with Gasteiger partial charge in [0.15, 0.2) is 5.16 Å². The average molecular weight is 294 g/mol. The zero-order valence-electron chi connectivity index (χ0n) is 11.7. The second-order valence-electron chi connectivity index (χ2n) is 4.30. The number of hydrogen-bond acceptors (Lipinski definition) is 5. The van der Waals surface area contributed by atoms with Gasteiger partial charge in [-0.3, -0.25) is 4.57 Å². The van der Waals surface area contributed by atoms with Gasteiger partial charge in [0, 0.05) is 18.8 Å². The number of rotatable bonds is 6. The number of methoxy groups -OCH3 is 1. The number of benzene rings is 1. The molecule has 0 saturated heterocycles. The third kappa shape index (κ3) is 3.23. The number of nitrogens with zero attached hydrogens (tertiary/aromatic N) is 2. The molecule has 0 saturated carbocycles. The standard InChI is InChI=1S/C13H18N4O2S/c1-14-11(9-4-6-10(19-3)7-5-9)8-20-13-16-15-12(18)17(13)2/h4-7,11,14H,8H2,1-3H3,(H,15,18). The van der Waals surface area contributed by atoms with Gasteiger partial charge >= 0.3 is 5.69 Å². The molecule has 0 fully saturated rings. The number of aromatic nitrogens is 3. The Morgan fingerprint density at radius 2 is 2.15 bits per heavy atom. The Kier molecular flexibility index (Phi) is 4.86. The lowest BCUT2D eigenvalue weighted by molar-refractivity contribution is 0.414. The second-order valence-corrected chi connectivity index (χ2v) is 5.28. The van der Waals surface area contributed by atoms with Crippen LogP contribution in [0.15, 0.2) is 34.2 Å². The van der Waals surface area contributed by atoms with E-state index >= 15 is 0 Å². The largest absolute Gasteiger partial charge is 0.497 e. The number of ether oxygens (including phenoxy) is 1. The summed E-state index contributed by atoms with van der Waals surface area (Å²) in [5.41, 5.74) is 0.972. The fraction of sp³-hybridized carbons (Fsp3) is 0.385. The highest BCUT2D eigenvalue weighted by Gasteiger charge is 2.12. The van der Waals surface area contributed by atoms with Crippen LogP contribution in [0.25, 0.3) is 0 Å². The molecule has 6 nitrogen and oxygen atoms in total. The van der Waals surface area contributed by atoms with Crippen molar-refractivity contribution in [1.29, 1.82) is 0 Å². The Bertz CT molecular complexity index is 606. The lowest BCUT2D eigenvalue weighted by atomic mass is 10.1. The molecule has 0 aliphatic heterocycles. The molecule has 1 heterocycles. The molecular formula is C13H18N4O2S. The molecular weight excluding hydrogens is 276 g/mol. The lowest BCUT2D eigenvalue weighted by Gasteiger charge is -2.16. The summed E-state index contributed by atoms with van der Waals surface area (Å²) in [5, 5.41) is 10.4. The molecule has 0 bridgehead atoms. The third-order valence-electron chi connectivity index (χ3n) is 3.08. The summed E-state index contributed by atoms with van der Waals surface area (Å²) in [4.78, 5) is 11.3. The first kappa shape index (κ1) is 14.7. The topological polar surface area (TPSA) is 71.9 Å². The Morgan fingerprint density at radius 1 is 1.45 bits per heavy atom. The normalized spacial score (nSPS) is 12.3. The quantitative estimate of drug-likeness (QED) is 0.783. The third-order valence-corrected chi connectivity index (χ3v) is 4.21. The van der Waals surface area contributed by atoms with E-state index in [0.29, 0.717) is 5.16 Å². The van der Waals surface area contributed by atoms with E-state index in [1.165, 1.54) is 21.9 Å². The summed E-state index contributed by atoms with van der Waals surface area (Å²) in [7, 11) is 5.27. The van der Waals surface area contributed by atoms with Crippen molar-refractivity contribution in [3.05, 3.63) is 40.3 Å². The highest BCUT2D eigenvalue weighted by molar-refractivity contribution is 7.99. The van der Waals surface area contributed by atoms with Gasteiger partial charge in [0.25, 0.3) is 0 Å². The summed E-state index contributed by atoms with van der Waals surface area (Å²) in [5.74, 6) is 1.62. The average Bonchev–Trinajstić information content (AvgIpc) is 2.80. The SMILES string of the molecule is CNC(CSc1n[nH]c(=O)n1C)c1ccc(OC)cc1. The van der Waals surface area contributed by atoms with Crippen LogP contribution in [0, 0.1) is 0 Å². The first-order chi connectivity index (χ1) is 9.65. The Hall–Kier alpha value is -1.73. The Balaban J connectivity index is 2.04. The van der Waals surface area contributed by atoms with Gasteiger partial charge in [-0.25, -0.2) is 9.89 Å². The van der Waals surface area contributed by atoms with Crippen molar-refractivity contribution in [1.82, 2.24) is 20.1 Å². The molecule has 108 valence electrons. The molecule has 0 amide bonds. The lowest BCUT2D eigenvalue weighted by Crippen LogP contribution is -2.19. The predicted octanol–water partition coefficient (Wildman–Crippen LogP) is 1.17. The van der Waals surface area contributed by atoms with Crippen LogP contribution < -0.4 is 15.7 Å². The van der Waals surface area contributed by atoms with Crippen LogP contribution in [-0.4, -0.2) is 34.7 Å². The number of H-pyrrole nitrogens is 1. The smallest absolute Gasteiger partial charge is 0.343 e. The Labute approximate surface area is 121 Å². The van der Waals surface area contributed by atoms with Crippen molar-refractivity contribution >= 4 is 11.8 Å². The van der Waals surface area contributed by atoms with Gasteiger partial charge in [-0.05, 0) is 24.7 Å². The summed E-state index contributed by atoms with van der Waals surface area (Å²) < 4.78 is 6.66. The van der Waals surface area contributed by atoms with E-state index in [2.05, 4.69) is 15.5 Å². The number of hydrogen-bond donors (Lipinski definition) is 2. The van der Waals surface area contributed by atoms with Crippen LogP contribution >= 0.6 is 11.8 Å². The summed E-state index contributed by atoms with van der Waals surface area (Å²) in [6.07, 6.45) is 0. The van der Waals surface area contributed by atoms with Crippen LogP contribution in [-0.2, 0) is 7.05 Å². The highest BCUT2D eigenvalue weighted by atomic mass is 32.2. The molecule has 7 heteroatoms. The van der Waals surface area contributed by atoms with E-state index in [9.17, 15) is 4.79 Å². The van der Waals surface area contributed by atoms with Crippen LogP contribution in [0.1, 0.15) is 11.6 Å². The van der Waals surface area contributed by atoms with E-state index in [4.69, 9.17) is 4.74 Å². The van der Waals surface area contributed by atoms with E-state index in [0.717, 1.165) is 11.5 Å². The molecule has 1 aromatic carbocycles. The minimum atomic E-state index is -0.196. The van der Waals surface area contributed by atoms with Crippen molar-refractivity contribution in [3.63, 3.8) is 0 Å². The second kappa shape index (κ2) is 6.62. The van der Waals surface area contributed by atoms with E-state index in [1.807, 2.05) is 31.3 Å². The molecule has 0 aliphatic rings. The monoisotopic (exact) mass is 294 g/mol. The van der Waals surface area contributed by atoms with Gasteiger partial charge in [0.1, 0.15) is 5.75 Å². The molecule has 0 aliphatic carbocycles. The first-order valence-corrected chi connectivity index (χ1v) is 7.19. The van der Waals surface area contributed by atoms with Crippen molar-refractivity contribution in [2.45, 2.75) is 11.2 Å². The minimum absolute atomic E-state index is 0.178. The van der Waals surface area contributed by atoms with Crippen molar-refractivity contribution < 1.29 is 4.74 Å². The van der Waals surface area contributed by atoms with Crippen molar-refractivity contribution in [3.8, 4) is 5.75 Å². The van der Waals surface area contributed by atoms with Gasteiger partial charge < -0.3 is 10.1 Å². The number of nitrogens with one attached hydrogen (secondary N) is 2. The van der Waals surface area contributed by atoms with Gasteiger partial charge in [-0.15, -0.1) is 5.10 Å². The summed E-state index contributed by atoms with van der Waals surface area (Å²) in [6.45, 7) is 0. The minimum Gasteiger partial charge on any atom is -0.497 e. The fourth-order valence-corrected chi connectivity index (χ4v) is 2.86. The van der Waals surface area contributed by atoms with Gasteiger partial charge in [-0.2, -0.15) is 0 Å². The fourth-order valence-electron chi connectivity index (χ4n) is 1.80. The molecule has 1 unspecified atom stereocenters. The molecule has 2 rings (SSSR count). The number of aromatic amines is 1. The van der Waals surface area contributed by atoms with Crippen molar-refractivity contribution in [2.75, 3.05) is 19.9 Å².